The largest absolute Gasteiger partial charge is 0.334 e. The van der Waals surface area contributed by atoms with E-state index in [9.17, 15) is 4.79 Å². The molecule has 1 saturated heterocycles. The van der Waals surface area contributed by atoms with E-state index in [1.807, 2.05) is 4.90 Å². The number of benzene rings is 1. The lowest BCUT2D eigenvalue weighted by Crippen LogP contribution is -2.49. The molecule has 1 aromatic rings. The van der Waals surface area contributed by atoms with E-state index in [2.05, 4.69) is 13.0 Å². The fraction of sp³-hybridized carbons (Fsp3) is 0.500. The third-order valence-electron chi connectivity index (χ3n) is 4.17. The maximum absolute atomic E-state index is 12.6. The van der Waals surface area contributed by atoms with Crippen LogP contribution in [0.3, 0.4) is 0 Å². The normalized spacial score (nSPS) is 22.4. The molecular formula is C16H21N3O. The molecule has 20 heavy (non-hydrogen) atoms. The first-order chi connectivity index (χ1) is 9.69. The second-order valence-electron chi connectivity index (χ2n) is 5.38. The molecule has 1 aromatic carbocycles. The summed E-state index contributed by atoms with van der Waals surface area (Å²) >= 11 is 0. The average Bonchev–Trinajstić information content (AvgIpc) is 2.53. The zero-order chi connectivity index (χ0) is 14.5. The van der Waals surface area contributed by atoms with Crippen LogP contribution in [-0.2, 0) is 0 Å². The summed E-state index contributed by atoms with van der Waals surface area (Å²) < 4.78 is 0. The van der Waals surface area contributed by atoms with Gasteiger partial charge in [0.25, 0.3) is 5.91 Å². The van der Waals surface area contributed by atoms with Crippen molar-refractivity contribution in [2.45, 2.75) is 32.2 Å². The molecule has 0 radical (unpaired) electrons. The van der Waals surface area contributed by atoms with Gasteiger partial charge in [0.2, 0.25) is 0 Å². The Morgan fingerprint density at radius 3 is 3.00 bits per heavy atom. The molecule has 4 nitrogen and oxygen atoms in total. The van der Waals surface area contributed by atoms with E-state index < -0.39 is 0 Å². The standard InChI is InChI=1S/C16H21N3O/c1-2-12-6-7-19(15(9-12)11-18)16(20)14-5-3-4-13(8-14)10-17/h3-5,8,12,15H,2,6-7,9,11,18H2,1H3. The van der Waals surface area contributed by atoms with Crippen molar-refractivity contribution in [3.05, 3.63) is 35.4 Å². The van der Waals surface area contributed by atoms with Gasteiger partial charge in [0, 0.05) is 24.7 Å². The van der Waals surface area contributed by atoms with Gasteiger partial charge in [-0.2, -0.15) is 5.26 Å². The molecule has 0 saturated carbocycles. The van der Waals surface area contributed by atoms with Crippen molar-refractivity contribution in [2.75, 3.05) is 13.1 Å². The molecular weight excluding hydrogens is 250 g/mol. The summed E-state index contributed by atoms with van der Waals surface area (Å²) in [6.45, 7) is 3.45. The molecule has 0 aromatic heterocycles. The van der Waals surface area contributed by atoms with Crippen LogP contribution in [0.5, 0.6) is 0 Å². The number of piperidine rings is 1. The van der Waals surface area contributed by atoms with Crippen LogP contribution in [-0.4, -0.2) is 29.9 Å². The molecule has 1 aliphatic rings. The van der Waals surface area contributed by atoms with Crippen LogP contribution in [0.1, 0.15) is 42.1 Å². The second kappa shape index (κ2) is 6.53. The highest BCUT2D eigenvalue weighted by Crippen LogP contribution is 2.26. The van der Waals surface area contributed by atoms with Crippen LogP contribution in [0.2, 0.25) is 0 Å². The van der Waals surface area contributed by atoms with Gasteiger partial charge in [-0.25, -0.2) is 0 Å². The predicted octanol–water partition coefficient (Wildman–Crippen LogP) is 2.15. The van der Waals surface area contributed by atoms with Gasteiger partial charge in [-0.1, -0.05) is 19.4 Å². The summed E-state index contributed by atoms with van der Waals surface area (Å²) in [6.07, 6.45) is 3.16. The number of likely N-dealkylation sites (tertiary alicyclic amines) is 1. The molecule has 1 fully saturated rings. The molecule has 0 bridgehead atoms. The lowest BCUT2D eigenvalue weighted by molar-refractivity contribution is 0.0558. The number of hydrogen-bond donors (Lipinski definition) is 1. The number of nitriles is 1. The van der Waals surface area contributed by atoms with Gasteiger partial charge in [0.15, 0.2) is 0 Å². The Morgan fingerprint density at radius 2 is 2.35 bits per heavy atom. The summed E-state index contributed by atoms with van der Waals surface area (Å²) in [6, 6.07) is 9.07. The highest BCUT2D eigenvalue weighted by atomic mass is 16.2. The third-order valence-corrected chi connectivity index (χ3v) is 4.17. The average molecular weight is 271 g/mol. The highest BCUT2D eigenvalue weighted by molar-refractivity contribution is 5.94. The minimum atomic E-state index is -0.00731. The number of hydrogen-bond acceptors (Lipinski definition) is 3. The molecule has 0 aliphatic carbocycles. The van der Waals surface area contributed by atoms with E-state index in [1.54, 1.807) is 24.3 Å². The lowest BCUT2D eigenvalue weighted by atomic mass is 9.88. The fourth-order valence-corrected chi connectivity index (χ4v) is 2.88. The Kier molecular flexibility index (Phi) is 4.75. The summed E-state index contributed by atoms with van der Waals surface area (Å²) in [5.41, 5.74) is 6.93. The van der Waals surface area contributed by atoms with Gasteiger partial charge in [-0.3, -0.25) is 4.79 Å². The van der Waals surface area contributed by atoms with E-state index in [-0.39, 0.29) is 11.9 Å². The van der Waals surface area contributed by atoms with E-state index in [4.69, 9.17) is 11.0 Å². The van der Waals surface area contributed by atoms with Crippen LogP contribution >= 0.6 is 0 Å². The Bertz CT molecular complexity index is 521. The first kappa shape index (κ1) is 14.5. The lowest BCUT2D eigenvalue weighted by Gasteiger charge is -2.39. The van der Waals surface area contributed by atoms with Crippen molar-refractivity contribution in [3.63, 3.8) is 0 Å². The molecule has 2 unspecified atom stereocenters. The van der Waals surface area contributed by atoms with Gasteiger partial charge in [-0.15, -0.1) is 0 Å². The summed E-state index contributed by atoms with van der Waals surface area (Å²) in [4.78, 5) is 14.5. The maximum atomic E-state index is 12.6. The number of amides is 1. The summed E-state index contributed by atoms with van der Waals surface area (Å²) in [5.74, 6) is 0.658. The zero-order valence-electron chi connectivity index (χ0n) is 11.9. The number of nitrogens with zero attached hydrogens (tertiary/aromatic N) is 2. The van der Waals surface area contributed by atoms with E-state index >= 15 is 0 Å². The summed E-state index contributed by atoms with van der Waals surface area (Å²) in [5, 5.41) is 8.92. The monoisotopic (exact) mass is 271 g/mol. The molecule has 2 atom stereocenters. The quantitative estimate of drug-likeness (QED) is 0.915. The Labute approximate surface area is 120 Å². The van der Waals surface area contributed by atoms with E-state index in [0.29, 0.717) is 23.6 Å². The first-order valence-electron chi connectivity index (χ1n) is 7.20. The van der Waals surface area contributed by atoms with Crippen molar-refractivity contribution in [2.24, 2.45) is 11.7 Å². The zero-order valence-corrected chi connectivity index (χ0v) is 11.9. The smallest absolute Gasteiger partial charge is 0.254 e. The molecule has 4 heteroatoms. The van der Waals surface area contributed by atoms with Crippen LogP contribution in [0.25, 0.3) is 0 Å². The predicted molar refractivity (Wildman–Crippen MR) is 78.1 cm³/mol. The molecule has 0 spiro atoms. The van der Waals surface area contributed by atoms with Gasteiger partial charge >= 0.3 is 0 Å². The SMILES string of the molecule is CCC1CCN(C(=O)c2cccc(C#N)c2)C(CN)C1. The van der Waals surface area contributed by atoms with Crippen LogP contribution in [0, 0.1) is 17.2 Å². The molecule has 1 heterocycles. The Morgan fingerprint density at radius 1 is 1.55 bits per heavy atom. The number of nitrogens with two attached hydrogens (primary N) is 1. The van der Waals surface area contributed by atoms with E-state index in [1.165, 1.54) is 0 Å². The topological polar surface area (TPSA) is 70.1 Å². The first-order valence-corrected chi connectivity index (χ1v) is 7.20. The fourth-order valence-electron chi connectivity index (χ4n) is 2.88. The second-order valence-corrected chi connectivity index (χ2v) is 5.38. The molecule has 2 rings (SSSR count). The summed E-state index contributed by atoms with van der Waals surface area (Å²) in [7, 11) is 0. The number of carbonyl (C=O) groups is 1. The Hall–Kier alpha value is -1.86. The van der Waals surface area contributed by atoms with Gasteiger partial charge in [0.05, 0.1) is 11.6 Å². The van der Waals surface area contributed by atoms with Crippen LogP contribution in [0.15, 0.2) is 24.3 Å². The minimum absolute atomic E-state index is 0.00731. The highest BCUT2D eigenvalue weighted by Gasteiger charge is 2.30. The Balaban J connectivity index is 2.17. The van der Waals surface area contributed by atoms with Gasteiger partial charge in [-0.05, 0) is 37.0 Å². The molecule has 106 valence electrons. The van der Waals surface area contributed by atoms with E-state index in [0.717, 1.165) is 25.8 Å². The van der Waals surface area contributed by atoms with Crippen LogP contribution in [0.4, 0.5) is 0 Å². The van der Waals surface area contributed by atoms with Crippen molar-refractivity contribution in [1.29, 1.82) is 5.26 Å². The molecule has 2 N–H and O–H groups in total. The van der Waals surface area contributed by atoms with Gasteiger partial charge < -0.3 is 10.6 Å². The van der Waals surface area contributed by atoms with Crippen LogP contribution < -0.4 is 5.73 Å². The number of carbonyl (C=O) groups excluding carboxylic acids is 1. The van der Waals surface area contributed by atoms with Gasteiger partial charge in [0.1, 0.15) is 0 Å². The van der Waals surface area contributed by atoms with Crippen molar-refractivity contribution in [3.8, 4) is 6.07 Å². The van der Waals surface area contributed by atoms with Crippen molar-refractivity contribution >= 4 is 5.91 Å². The third kappa shape index (κ3) is 3.00. The minimum Gasteiger partial charge on any atom is -0.334 e. The maximum Gasteiger partial charge on any atom is 0.254 e. The molecule has 1 aliphatic heterocycles. The van der Waals surface area contributed by atoms with Crippen molar-refractivity contribution < 1.29 is 4.79 Å². The molecule has 1 amide bonds. The number of rotatable bonds is 3. The van der Waals surface area contributed by atoms with Crippen molar-refractivity contribution in [1.82, 2.24) is 4.90 Å².